The van der Waals surface area contributed by atoms with Crippen molar-refractivity contribution in [3.05, 3.63) is 114 Å². The van der Waals surface area contributed by atoms with Crippen molar-refractivity contribution >= 4 is 43.5 Å². The molecule has 7 rings (SSSR count). The Morgan fingerprint density at radius 1 is 0.927 bits per heavy atom. The molecule has 0 saturated heterocycles. The van der Waals surface area contributed by atoms with Gasteiger partial charge in [-0.05, 0) is 60.1 Å². The minimum atomic E-state index is -2.32. The van der Waals surface area contributed by atoms with E-state index < -0.39 is 18.6 Å². The molecule has 0 N–H and O–H groups in total. The molecular formula is C35H29IrN3OS-2. The molecule has 5 aromatic heterocycles. The van der Waals surface area contributed by atoms with Gasteiger partial charge in [0.1, 0.15) is 0 Å². The van der Waals surface area contributed by atoms with Gasteiger partial charge in [0.25, 0.3) is 0 Å². The predicted octanol–water partition coefficient (Wildman–Crippen LogP) is 9.50. The summed E-state index contributed by atoms with van der Waals surface area (Å²) in [6.45, 7) is 3.34. The molecule has 0 bridgehead atoms. The molecule has 0 aliphatic rings. The molecule has 2 aromatic carbocycles. The van der Waals surface area contributed by atoms with Crippen LogP contribution in [-0.4, -0.2) is 15.0 Å². The number of hydrogen-bond acceptors (Lipinski definition) is 5. The third kappa shape index (κ3) is 6.30. The van der Waals surface area contributed by atoms with Crippen LogP contribution in [-0.2, 0) is 26.5 Å². The summed E-state index contributed by atoms with van der Waals surface area (Å²) in [5.74, 6) is 0. The summed E-state index contributed by atoms with van der Waals surface area (Å²) in [4.78, 5) is 13.7. The van der Waals surface area contributed by atoms with Crippen molar-refractivity contribution in [2.75, 3.05) is 0 Å². The first-order valence-electron chi connectivity index (χ1n) is 15.4. The molecule has 6 heteroatoms. The van der Waals surface area contributed by atoms with Crippen LogP contribution >= 0.6 is 11.3 Å². The Bertz CT molecular complexity index is 2080. The van der Waals surface area contributed by atoms with Crippen molar-refractivity contribution in [3.63, 3.8) is 0 Å². The third-order valence-electron chi connectivity index (χ3n) is 6.12. The number of hydrogen-bond donors (Lipinski definition) is 0. The number of rotatable bonds is 3. The SMILES string of the molecule is [2H]C([2H])([2H])c1ccc2c(n1)oc1c(-c3nccc4cc(C([2H])([2H])C(C)(C)C)sc34)[c-]ccc12.[Ir].[c-]1ccccc1-c1ccccn1. The normalized spacial score (nSPS) is 13.8. The summed E-state index contributed by atoms with van der Waals surface area (Å²) in [5, 5.41) is 2.41. The van der Waals surface area contributed by atoms with Crippen LogP contribution in [0.3, 0.4) is 0 Å². The molecule has 0 aliphatic heterocycles. The number of nitrogens with zero attached hydrogens (tertiary/aromatic N) is 3. The van der Waals surface area contributed by atoms with Gasteiger partial charge in [-0.1, -0.05) is 43.9 Å². The van der Waals surface area contributed by atoms with Gasteiger partial charge < -0.3 is 14.4 Å². The predicted molar refractivity (Wildman–Crippen MR) is 165 cm³/mol. The Hall–Kier alpha value is -3.70. The molecule has 41 heavy (non-hydrogen) atoms. The molecule has 0 unspecified atom stereocenters. The van der Waals surface area contributed by atoms with E-state index in [2.05, 4.69) is 27.1 Å². The fourth-order valence-corrected chi connectivity index (χ4v) is 5.71. The second-order valence-corrected chi connectivity index (χ2v) is 11.4. The Balaban J connectivity index is 0.000000269. The van der Waals surface area contributed by atoms with Crippen molar-refractivity contribution in [2.45, 2.75) is 34.0 Å². The first kappa shape index (κ1) is 22.9. The topological polar surface area (TPSA) is 51.8 Å². The van der Waals surface area contributed by atoms with Gasteiger partial charge in [-0.25, -0.2) is 4.98 Å². The molecule has 0 atom stereocenters. The summed E-state index contributed by atoms with van der Waals surface area (Å²) in [7, 11) is 0. The monoisotopic (exact) mass is 737 g/mol. The van der Waals surface area contributed by atoms with Crippen molar-refractivity contribution < 1.29 is 31.4 Å². The van der Waals surface area contributed by atoms with Crippen molar-refractivity contribution in [3.8, 4) is 22.5 Å². The van der Waals surface area contributed by atoms with Crippen LogP contribution in [0.2, 0.25) is 0 Å². The second-order valence-electron chi connectivity index (χ2n) is 10.3. The number of aromatic nitrogens is 3. The summed E-state index contributed by atoms with van der Waals surface area (Å²) < 4.78 is 47.1. The maximum absolute atomic E-state index is 8.68. The third-order valence-corrected chi connectivity index (χ3v) is 7.19. The molecule has 0 aliphatic carbocycles. The van der Waals surface area contributed by atoms with Crippen LogP contribution in [0.5, 0.6) is 0 Å². The molecule has 0 saturated carbocycles. The van der Waals surface area contributed by atoms with Crippen molar-refractivity contribution in [1.29, 1.82) is 0 Å². The smallest absolute Gasteiger partial charge is 0.216 e. The van der Waals surface area contributed by atoms with E-state index in [1.807, 2.05) is 81.4 Å². The van der Waals surface area contributed by atoms with Crippen LogP contribution in [0.4, 0.5) is 0 Å². The molecule has 7 aromatic rings. The molecule has 207 valence electrons. The molecular weight excluding hydrogens is 703 g/mol. The van der Waals surface area contributed by atoms with Gasteiger partial charge >= 0.3 is 0 Å². The van der Waals surface area contributed by atoms with Crippen LogP contribution in [0.25, 0.3) is 54.7 Å². The minimum absolute atomic E-state index is 0. The largest absolute Gasteiger partial charge is 0.486 e. The number of thiophene rings is 1. The fraction of sp³-hybridized carbons (Fsp3) is 0.171. The number of aryl methyl sites for hydroxylation is 1. The van der Waals surface area contributed by atoms with Gasteiger partial charge in [0.2, 0.25) is 5.71 Å². The second kappa shape index (κ2) is 12.0. The van der Waals surface area contributed by atoms with Crippen LogP contribution in [0.15, 0.2) is 95.7 Å². The van der Waals surface area contributed by atoms with E-state index in [4.69, 9.17) is 11.3 Å². The van der Waals surface area contributed by atoms with Gasteiger partial charge in [-0.2, -0.15) is 0 Å². The number of benzene rings is 2. The molecule has 0 fully saturated rings. The van der Waals surface area contributed by atoms with Crippen LogP contribution < -0.4 is 0 Å². The first-order chi connectivity index (χ1) is 21.3. The van der Waals surface area contributed by atoms with E-state index in [0.717, 1.165) is 32.1 Å². The maximum Gasteiger partial charge on any atom is 0.216 e. The number of pyridine rings is 3. The molecule has 1 radical (unpaired) electrons. The van der Waals surface area contributed by atoms with Crippen molar-refractivity contribution in [1.82, 2.24) is 15.0 Å². The zero-order valence-electron chi connectivity index (χ0n) is 27.7. The van der Waals surface area contributed by atoms with E-state index in [-0.39, 0.29) is 31.5 Å². The summed E-state index contributed by atoms with van der Waals surface area (Å²) in [6.07, 6.45) is 1.97. The molecule has 0 spiro atoms. The Morgan fingerprint density at radius 2 is 1.80 bits per heavy atom. The van der Waals surface area contributed by atoms with E-state index in [9.17, 15) is 0 Å². The standard InChI is InChI=1S/C24H21N2OS.C11H8N.Ir/c1-14-8-9-18-17-6-5-7-19(21(17)27-23(18)26-14)20-22-15(10-11-25-20)12-16(28-22)13-24(2,3)4;1-2-6-10(7-3-1)11-8-4-5-9-12-11;/h5-6,8-12H,13H2,1-4H3;1-6,8-9H;/q2*-1;/i1D3,13D2;;. The van der Waals surface area contributed by atoms with Gasteiger partial charge in [0, 0.05) is 65.7 Å². The summed E-state index contributed by atoms with van der Waals surface area (Å²) in [6, 6.07) is 30.7. The Labute approximate surface area is 264 Å². The molecule has 0 amide bonds. The van der Waals surface area contributed by atoms with Gasteiger partial charge in [0.15, 0.2) is 0 Å². The number of fused-ring (bicyclic) bond motifs is 4. The van der Waals surface area contributed by atoms with E-state index in [1.165, 1.54) is 17.4 Å². The maximum atomic E-state index is 8.68. The first-order valence-corrected chi connectivity index (χ1v) is 13.7. The number of furan rings is 1. The zero-order valence-corrected chi connectivity index (χ0v) is 25.9. The molecule has 4 nitrogen and oxygen atoms in total. The summed E-state index contributed by atoms with van der Waals surface area (Å²) >= 11 is 1.38. The van der Waals surface area contributed by atoms with E-state index in [1.54, 1.807) is 24.5 Å². The van der Waals surface area contributed by atoms with E-state index >= 15 is 0 Å². The quantitative estimate of drug-likeness (QED) is 0.170. The average Bonchev–Trinajstić information content (AvgIpc) is 3.63. The fourth-order valence-electron chi connectivity index (χ4n) is 4.45. The van der Waals surface area contributed by atoms with Gasteiger partial charge in [-0.3, -0.25) is 0 Å². The molecule has 5 heterocycles. The van der Waals surface area contributed by atoms with Crippen LogP contribution in [0, 0.1) is 24.4 Å². The van der Waals surface area contributed by atoms with Crippen LogP contribution in [0.1, 0.15) is 38.2 Å². The van der Waals surface area contributed by atoms with E-state index in [0.29, 0.717) is 21.7 Å². The Kier molecular flexibility index (Phi) is 6.73. The van der Waals surface area contributed by atoms with Gasteiger partial charge in [-0.15, -0.1) is 65.4 Å². The average molecular weight is 737 g/mol. The van der Waals surface area contributed by atoms with Gasteiger partial charge in [0.05, 0.1) is 5.58 Å². The summed E-state index contributed by atoms with van der Waals surface area (Å²) in [5.41, 5.74) is 3.48. The van der Waals surface area contributed by atoms with Crippen molar-refractivity contribution in [2.24, 2.45) is 5.41 Å². The zero-order chi connectivity index (χ0) is 32.0. The Morgan fingerprint density at radius 3 is 2.56 bits per heavy atom. The minimum Gasteiger partial charge on any atom is -0.486 e.